The number of Topliss-reactive ketones (excluding diaryl/α,β-unsaturated/α-hetero) is 1. The number of allylic oxidation sites excluding steroid dienone is 3. The first-order chi connectivity index (χ1) is 15.6. The van der Waals surface area contributed by atoms with E-state index in [0.717, 1.165) is 0 Å². The average Bonchev–Trinajstić information content (AvgIpc) is 2.77. The molecule has 0 aromatic heterocycles. The van der Waals surface area contributed by atoms with Gasteiger partial charge >= 0.3 is 11.9 Å². The van der Waals surface area contributed by atoms with E-state index in [1.807, 2.05) is 6.92 Å². The molecule has 0 saturated heterocycles. The molecule has 0 fully saturated rings. The monoisotopic (exact) mass is 456 g/mol. The van der Waals surface area contributed by atoms with Crippen molar-refractivity contribution < 1.29 is 28.8 Å². The van der Waals surface area contributed by atoms with Gasteiger partial charge in [-0.05, 0) is 38.2 Å². The van der Waals surface area contributed by atoms with E-state index in [-0.39, 0.29) is 28.9 Å². The van der Waals surface area contributed by atoms with Crippen LogP contribution in [-0.2, 0) is 23.9 Å². The third-order valence-electron chi connectivity index (χ3n) is 6.26. The molecule has 176 valence electrons. The third-order valence-corrected chi connectivity index (χ3v) is 6.26. The highest BCUT2D eigenvalue weighted by Gasteiger charge is 2.47. The maximum Gasteiger partial charge on any atom is 0.337 e. The number of nitro benzene ring substituents is 1. The van der Waals surface area contributed by atoms with Crippen LogP contribution in [0.5, 0.6) is 0 Å². The van der Waals surface area contributed by atoms with Crippen molar-refractivity contribution in [2.45, 2.75) is 52.6 Å². The average molecular weight is 456 g/mol. The van der Waals surface area contributed by atoms with Gasteiger partial charge in [0, 0.05) is 35.0 Å². The molecule has 9 heteroatoms. The van der Waals surface area contributed by atoms with Gasteiger partial charge in [-0.2, -0.15) is 0 Å². The van der Waals surface area contributed by atoms with Crippen LogP contribution in [0, 0.1) is 22.0 Å². The van der Waals surface area contributed by atoms with E-state index in [4.69, 9.17) is 9.47 Å². The summed E-state index contributed by atoms with van der Waals surface area (Å²) in [5.41, 5.74) is 1.78. The number of benzene rings is 1. The molecule has 0 bridgehead atoms. The number of ether oxygens (including phenoxy) is 2. The van der Waals surface area contributed by atoms with E-state index in [1.54, 1.807) is 26.8 Å². The van der Waals surface area contributed by atoms with E-state index in [1.165, 1.54) is 25.3 Å². The highest BCUT2D eigenvalue weighted by molar-refractivity contribution is 6.12. The molecule has 33 heavy (non-hydrogen) atoms. The third kappa shape index (κ3) is 4.53. The van der Waals surface area contributed by atoms with Crippen molar-refractivity contribution in [3.63, 3.8) is 0 Å². The maximum absolute atomic E-state index is 13.6. The summed E-state index contributed by atoms with van der Waals surface area (Å²) in [4.78, 5) is 50.2. The Bertz CT molecular complexity index is 1070. The summed E-state index contributed by atoms with van der Waals surface area (Å²) in [6, 6.07) is 5.84. The summed E-state index contributed by atoms with van der Waals surface area (Å²) in [5, 5.41) is 14.6. The molecule has 1 aliphatic heterocycles. The van der Waals surface area contributed by atoms with Crippen molar-refractivity contribution in [2.24, 2.45) is 11.8 Å². The minimum Gasteiger partial charge on any atom is -0.468 e. The molecule has 1 aromatic rings. The number of methoxy groups -OCH3 is 1. The van der Waals surface area contributed by atoms with Crippen LogP contribution in [0.2, 0.25) is 0 Å². The second-order valence-corrected chi connectivity index (χ2v) is 8.51. The summed E-state index contributed by atoms with van der Waals surface area (Å²) in [6.07, 6.45) is 0.628. The number of carbonyl (C=O) groups excluding carboxylic acids is 3. The van der Waals surface area contributed by atoms with Crippen LogP contribution in [-0.4, -0.2) is 35.9 Å². The van der Waals surface area contributed by atoms with Gasteiger partial charge in [-0.1, -0.05) is 26.0 Å². The molecule has 1 heterocycles. The first-order valence-corrected chi connectivity index (χ1v) is 10.9. The lowest BCUT2D eigenvalue weighted by Gasteiger charge is -2.38. The Labute approximate surface area is 192 Å². The summed E-state index contributed by atoms with van der Waals surface area (Å²) in [5.74, 6) is -3.97. The summed E-state index contributed by atoms with van der Waals surface area (Å²) in [6.45, 7) is 7.14. The minimum atomic E-state index is -1.03. The van der Waals surface area contributed by atoms with Gasteiger partial charge in [0.2, 0.25) is 0 Å². The van der Waals surface area contributed by atoms with Gasteiger partial charge < -0.3 is 14.8 Å². The fourth-order valence-corrected chi connectivity index (χ4v) is 4.43. The Morgan fingerprint density at radius 2 is 2.03 bits per heavy atom. The predicted octanol–water partition coefficient (Wildman–Crippen LogP) is 3.55. The Morgan fingerprint density at radius 3 is 2.64 bits per heavy atom. The van der Waals surface area contributed by atoms with Crippen LogP contribution < -0.4 is 5.32 Å². The first kappa shape index (κ1) is 24.2. The molecule has 1 aliphatic carbocycles. The number of nitrogens with one attached hydrogen (secondary N) is 1. The second-order valence-electron chi connectivity index (χ2n) is 8.51. The number of nitro groups is 1. The van der Waals surface area contributed by atoms with Crippen molar-refractivity contribution in [3.8, 4) is 0 Å². The zero-order valence-electron chi connectivity index (χ0n) is 19.3. The minimum absolute atomic E-state index is 0.165. The van der Waals surface area contributed by atoms with Crippen LogP contribution in [0.1, 0.15) is 52.0 Å². The summed E-state index contributed by atoms with van der Waals surface area (Å²) >= 11 is 0. The maximum atomic E-state index is 13.6. The molecule has 0 saturated carbocycles. The molecule has 0 unspecified atom stereocenters. The number of hydrogen-bond acceptors (Lipinski definition) is 8. The van der Waals surface area contributed by atoms with E-state index in [9.17, 15) is 24.5 Å². The van der Waals surface area contributed by atoms with Gasteiger partial charge in [0.25, 0.3) is 5.69 Å². The molecule has 2 aliphatic rings. The van der Waals surface area contributed by atoms with E-state index in [2.05, 4.69) is 5.32 Å². The number of nitrogens with zero attached hydrogens (tertiary/aromatic N) is 1. The van der Waals surface area contributed by atoms with Crippen LogP contribution in [0.25, 0.3) is 0 Å². The zero-order chi connectivity index (χ0) is 24.4. The smallest absolute Gasteiger partial charge is 0.337 e. The zero-order valence-corrected chi connectivity index (χ0v) is 19.3. The summed E-state index contributed by atoms with van der Waals surface area (Å²) in [7, 11) is 1.22. The SMILES string of the molecule is CC[C@@H](C)OC(=O)C1=C(C)NC2=C(C(=O)[C@H](C(=O)OC)[C@@H](C)C2)[C@@H]1c1cccc([N+](=O)[O-])c1. The fourth-order valence-electron chi connectivity index (χ4n) is 4.43. The lowest BCUT2D eigenvalue weighted by molar-refractivity contribution is -0.384. The lowest BCUT2D eigenvalue weighted by Crippen LogP contribution is -2.43. The van der Waals surface area contributed by atoms with Crippen molar-refractivity contribution in [2.75, 3.05) is 7.11 Å². The Balaban J connectivity index is 2.20. The van der Waals surface area contributed by atoms with Gasteiger partial charge in [0.15, 0.2) is 5.78 Å². The first-order valence-electron chi connectivity index (χ1n) is 10.9. The van der Waals surface area contributed by atoms with Gasteiger partial charge in [-0.3, -0.25) is 19.7 Å². The Morgan fingerprint density at radius 1 is 1.33 bits per heavy atom. The van der Waals surface area contributed by atoms with Gasteiger partial charge in [0.1, 0.15) is 5.92 Å². The van der Waals surface area contributed by atoms with Crippen LogP contribution in [0.15, 0.2) is 46.8 Å². The highest BCUT2D eigenvalue weighted by atomic mass is 16.6. The van der Waals surface area contributed by atoms with E-state index in [0.29, 0.717) is 29.8 Å². The predicted molar refractivity (Wildman–Crippen MR) is 119 cm³/mol. The second kappa shape index (κ2) is 9.56. The number of rotatable bonds is 6. The standard InChI is InChI=1S/C24H28N2O7/c1-6-13(3)33-24(29)19-14(4)25-17-10-12(2)18(23(28)32-5)22(27)21(17)20(19)15-8-7-9-16(11-15)26(30)31/h7-9,11-13,18,20,25H,6,10H2,1-5H3/t12-,13+,18+,20+/m0/s1. The molecule has 0 radical (unpaired) electrons. The Hall–Kier alpha value is -3.49. The quantitative estimate of drug-likeness (QED) is 0.298. The molecule has 1 N–H and O–H groups in total. The largest absolute Gasteiger partial charge is 0.468 e. The van der Waals surface area contributed by atoms with Crippen molar-refractivity contribution in [1.82, 2.24) is 5.32 Å². The molecule has 0 amide bonds. The number of dihydropyridines is 1. The van der Waals surface area contributed by atoms with E-state index < -0.39 is 34.5 Å². The van der Waals surface area contributed by atoms with Crippen molar-refractivity contribution in [3.05, 3.63) is 62.5 Å². The van der Waals surface area contributed by atoms with Crippen molar-refractivity contribution in [1.29, 1.82) is 0 Å². The Kier molecular flexibility index (Phi) is 7.00. The molecule has 3 rings (SSSR count). The lowest BCUT2D eigenvalue weighted by atomic mass is 9.69. The van der Waals surface area contributed by atoms with Crippen LogP contribution in [0.3, 0.4) is 0 Å². The molecule has 0 spiro atoms. The molecule has 4 atom stereocenters. The van der Waals surface area contributed by atoms with E-state index >= 15 is 0 Å². The molecule has 9 nitrogen and oxygen atoms in total. The van der Waals surface area contributed by atoms with Gasteiger partial charge in [0.05, 0.1) is 23.7 Å². The normalized spacial score (nSPS) is 23.4. The summed E-state index contributed by atoms with van der Waals surface area (Å²) < 4.78 is 10.4. The highest BCUT2D eigenvalue weighted by Crippen LogP contribution is 2.46. The fraction of sp³-hybridized carbons (Fsp3) is 0.458. The van der Waals surface area contributed by atoms with Crippen LogP contribution in [0.4, 0.5) is 5.69 Å². The van der Waals surface area contributed by atoms with Gasteiger partial charge in [-0.25, -0.2) is 4.79 Å². The number of carbonyl (C=O) groups is 3. The van der Waals surface area contributed by atoms with Gasteiger partial charge in [-0.15, -0.1) is 0 Å². The topological polar surface area (TPSA) is 125 Å². The number of esters is 2. The molecular formula is C24H28N2O7. The number of ketones is 1. The number of hydrogen-bond donors (Lipinski definition) is 1. The molecule has 1 aromatic carbocycles. The molecular weight excluding hydrogens is 428 g/mol. The van der Waals surface area contributed by atoms with Crippen LogP contribution >= 0.6 is 0 Å². The number of non-ortho nitro benzene ring substituents is 1. The van der Waals surface area contributed by atoms with Crippen molar-refractivity contribution >= 4 is 23.4 Å².